The van der Waals surface area contributed by atoms with Crippen molar-refractivity contribution in [3.05, 3.63) is 175 Å². The molecule has 0 saturated heterocycles. The van der Waals surface area contributed by atoms with E-state index < -0.39 is 0 Å². The second kappa shape index (κ2) is 10.4. The summed E-state index contributed by atoms with van der Waals surface area (Å²) in [6.45, 7) is 4.75. The first kappa shape index (κ1) is 29.4. The van der Waals surface area contributed by atoms with Gasteiger partial charge in [-0.05, 0) is 102 Å². The second-order valence-corrected chi connectivity index (χ2v) is 16.3. The van der Waals surface area contributed by atoms with Gasteiger partial charge in [0, 0.05) is 47.7 Å². The van der Waals surface area contributed by atoms with Crippen molar-refractivity contribution in [1.29, 1.82) is 0 Å². The molecular formula is C51H33NS. The molecule has 1 aromatic heterocycles. The van der Waals surface area contributed by atoms with Crippen molar-refractivity contribution in [3.63, 3.8) is 0 Å². The van der Waals surface area contributed by atoms with Crippen LogP contribution in [0.15, 0.2) is 164 Å². The van der Waals surface area contributed by atoms with E-state index in [1.807, 2.05) is 11.3 Å². The molecule has 2 aliphatic rings. The fraction of sp³-hybridized carbons (Fsp3) is 0.0588. The first-order valence-electron chi connectivity index (χ1n) is 18.5. The first-order valence-corrected chi connectivity index (χ1v) is 19.3. The molecule has 1 nitrogen and oxygen atoms in total. The van der Waals surface area contributed by atoms with Crippen LogP contribution >= 0.6 is 11.3 Å². The minimum Gasteiger partial charge on any atom is -0.310 e. The van der Waals surface area contributed by atoms with Gasteiger partial charge in [0.05, 0.1) is 5.69 Å². The largest absolute Gasteiger partial charge is 0.310 e. The van der Waals surface area contributed by atoms with E-state index >= 15 is 0 Å². The Balaban J connectivity index is 1.20. The maximum atomic E-state index is 2.52. The van der Waals surface area contributed by atoms with Gasteiger partial charge in [-0.25, -0.2) is 0 Å². The molecule has 0 radical (unpaired) electrons. The van der Waals surface area contributed by atoms with E-state index in [1.54, 1.807) is 0 Å². The molecular weight excluding hydrogens is 659 g/mol. The van der Waals surface area contributed by atoms with Crippen LogP contribution in [0.2, 0.25) is 0 Å². The summed E-state index contributed by atoms with van der Waals surface area (Å²) in [5.74, 6) is 0. The molecule has 2 aliphatic carbocycles. The van der Waals surface area contributed by atoms with Crippen LogP contribution in [0.5, 0.6) is 0 Å². The molecule has 2 heteroatoms. The number of rotatable bonds is 4. The average molecular weight is 692 g/mol. The van der Waals surface area contributed by atoms with Crippen LogP contribution in [0.1, 0.15) is 25.0 Å². The number of hydrogen-bond donors (Lipinski definition) is 0. The Bertz CT molecular complexity index is 3180. The normalized spacial score (nSPS) is 13.6. The van der Waals surface area contributed by atoms with Gasteiger partial charge in [-0.2, -0.15) is 0 Å². The highest BCUT2D eigenvalue weighted by Crippen LogP contribution is 2.55. The monoisotopic (exact) mass is 691 g/mol. The minimum atomic E-state index is -0.108. The standard InChI is InChI=1S/C51H33NS/c1-51(2)41-16-7-6-13-36(41)37-27-25-35(28-42(37)51)52(34-23-20-31(21-24-34)30-10-4-3-5-11-30)43-29-45-50-48-39(15-9-17-44(48)53-45)38-14-8-12-32-18-19-33-22-26-40(43)49(50)47(33)46(32)38/h3-29H,1-2H3. The third-order valence-electron chi connectivity index (χ3n) is 12.2. The Morgan fingerprint density at radius 2 is 1.08 bits per heavy atom. The maximum absolute atomic E-state index is 2.52. The fourth-order valence-corrected chi connectivity index (χ4v) is 10.9. The summed E-state index contributed by atoms with van der Waals surface area (Å²) in [7, 11) is 0. The summed E-state index contributed by atoms with van der Waals surface area (Å²) in [5.41, 5.74) is 14.0. The van der Waals surface area contributed by atoms with Gasteiger partial charge in [0.25, 0.3) is 0 Å². The molecule has 0 N–H and O–H groups in total. The van der Waals surface area contributed by atoms with Gasteiger partial charge in [0.2, 0.25) is 0 Å². The quantitative estimate of drug-likeness (QED) is 0.166. The Morgan fingerprint density at radius 3 is 1.92 bits per heavy atom. The minimum absolute atomic E-state index is 0.108. The molecule has 0 aliphatic heterocycles. The van der Waals surface area contributed by atoms with Crippen molar-refractivity contribution in [3.8, 4) is 33.4 Å². The number of benzene rings is 9. The molecule has 9 aromatic carbocycles. The molecule has 248 valence electrons. The summed E-state index contributed by atoms with van der Waals surface area (Å²) in [6.07, 6.45) is 0. The number of nitrogens with zero attached hydrogens (tertiary/aromatic N) is 1. The number of hydrogen-bond acceptors (Lipinski definition) is 2. The molecule has 1 heterocycles. The summed E-state index contributed by atoms with van der Waals surface area (Å²) in [4.78, 5) is 2.52. The topological polar surface area (TPSA) is 3.24 Å². The number of thiophene rings is 1. The predicted molar refractivity (Wildman–Crippen MR) is 229 cm³/mol. The second-order valence-electron chi connectivity index (χ2n) is 15.3. The number of fused-ring (bicyclic) bond motifs is 4. The van der Waals surface area contributed by atoms with E-state index in [0.29, 0.717) is 0 Å². The van der Waals surface area contributed by atoms with Gasteiger partial charge in [-0.15, -0.1) is 11.3 Å². The Labute approximate surface area is 312 Å². The molecule has 0 fully saturated rings. The third-order valence-corrected chi connectivity index (χ3v) is 13.3. The van der Waals surface area contributed by atoms with Crippen LogP contribution in [0.25, 0.3) is 85.9 Å². The first-order chi connectivity index (χ1) is 26.0. The zero-order chi connectivity index (χ0) is 35.0. The van der Waals surface area contributed by atoms with Crippen molar-refractivity contribution in [2.75, 3.05) is 4.90 Å². The molecule has 0 amide bonds. The lowest BCUT2D eigenvalue weighted by Gasteiger charge is -2.29. The molecule has 0 saturated carbocycles. The zero-order valence-corrected chi connectivity index (χ0v) is 30.3. The molecule has 0 atom stereocenters. The van der Waals surface area contributed by atoms with E-state index in [-0.39, 0.29) is 5.41 Å². The fourth-order valence-electron chi connectivity index (χ4n) is 9.71. The zero-order valence-electron chi connectivity index (χ0n) is 29.4. The Hall–Kier alpha value is -6.22. The summed E-state index contributed by atoms with van der Waals surface area (Å²) >= 11 is 1.92. The maximum Gasteiger partial charge on any atom is 0.0554 e. The molecule has 0 bridgehead atoms. The molecule has 12 rings (SSSR count). The van der Waals surface area contributed by atoms with Crippen LogP contribution in [-0.2, 0) is 5.41 Å². The highest BCUT2D eigenvalue weighted by Gasteiger charge is 2.36. The third kappa shape index (κ3) is 3.91. The van der Waals surface area contributed by atoms with Crippen LogP contribution < -0.4 is 4.90 Å². The number of anilines is 3. The van der Waals surface area contributed by atoms with E-state index in [2.05, 4.69) is 183 Å². The van der Waals surface area contributed by atoms with Gasteiger partial charge < -0.3 is 4.90 Å². The van der Waals surface area contributed by atoms with Gasteiger partial charge in [0.15, 0.2) is 0 Å². The van der Waals surface area contributed by atoms with Crippen LogP contribution in [0, 0.1) is 0 Å². The Morgan fingerprint density at radius 1 is 0.415 bits per heavy atom. The van der Waals surface area contributed by atoms with E-state index in [4.69, 9.17) is 0 Å². The van der Waals surface area contributed by atoms with Gasteiger partial charge in [-0.1, -0.05) is 141 Å². The summed E-state index contributed by atoms with van der Waals surface area (Å²) < 4.78 is 2.67. The molecule has 53 heavy (non-hydrogen) atoms. The lowest BCUT2D eigenvalue weighted by Crippen LogP contribution is -2.16. The van der Waals surface area contributed by atoms with Gasteiger partial charge in [0.1, 0.15) is 0 Å². The Kier molecular flexibility index (Phi) is 5.78. The SMILES string of the molecule is CC1(C)c2ccccc2-c2ccc(N(c3ccc(-c4ccccc4)cc3)c3cc4sc5cccc6c5c4c4c3ccc3ccc5cccc-6c5c34)cc21. The van der Waals surface area contributed by atoms with Crippen molar-refractivity contribution in [1.82, 2.24) is 0 Å². The molecule has 10 aromatic rings. The summed E-state index contributed by atoms with van der Waals surface area (Å²) in [6, 6.07) is 61.5. The molecule has 0 spiro atoms. The van der Waals surface area contributed by atoms with Crippen LogP contribution in [0.3, 0.4) is 0 Å². The molecule has 0 unspecified atom stereocenters. The van der Waals surface area contributed by atoms with E-state index in [0.717, 1.165) is 5.69 Å². The van der Waals surface area contributed by atoms with E-state index in [1.165, 1.54) is 108 Å². The van der Waals surface area contributed by atoms with Gasteiger partial charge in [-0.3, -0.25) is 0 Å². The van der Waals surface area contributed by atoms with Gasteiger partial charge >= 0.3 is 0 Å². The van der Waals surface area contributed by atoms with Crippen molar-refractivity contribution in [2.24, 2.45) is 0 Å². The predicted octanol–water partition coefficient (Wildman–Crippen LogP) is 14.9. The van der Waals surface area contributed by atoms with Crippen molar-refractivity contribution < 1.29 is 0 Å². The lowest BCUT2D eigenvalue weighted by molar-refractivity contribution is 0.660. The van der Waals surface area contributed by atoms with Crippen molar-refractivity contribution >= 4 is 80.9 Å². The van der Waals surface area contributed by atoms with Crippen LogP contribution in [-0.4, -0.2) is 0 Å². The lowest BCUT2D eigenvalue weighted by atomic mass is 9.82. The average Bonchev–Trinajstić information content (AvgIpc) is 3.64. The van der Waals surface area contributed by atoms with Crippen LogP contribution in [0.4, 0.5) is 17.1 Å². The van der Waals surface area contributed by atoms with Crippen molar-refractivity contribution in [2.45, 2.75) is 19.3 Å². The summed E-state index contributed by atoms with van der Waals surface area (Å²) in [5, 5.41) is 10.7. The smallest absolute Gasteiger partial charge is 0.0554 e. The van der Waals surface area contributed by atoms with E-state index in [9.17, 15) is 0 Å². The highest BCUT2D eigenvalue weighted by atomic mass is 32.1. The highest BCUT2D eigenvalue weighted by molar-refractivity contribution is 7.26.